The Morgan fingerprint density at radius 1 is 1.35 bits per heavy atom. The summed E-state index contributed by atoms with van der Waals surface area (Å²) in [5, 5.41) is 0. The summed E-state index contributed by atoms with van der Waals surface area (Å²) < 4.78 is 22.7. The van der Waals surface area contributed by atoms with Gasteiger partial charge in [0.15, 0.2) is 11.6 Å². The van der Waals surface area contributed by atoms with Crippen LogP contribution < -0.4 is 4.74 Å². The maximum Gasteiger partial charge on any atom is 0.379 e. The van der Waals surface area contributed by atoms with Gasteiger partial charge in [0.25, 0.3) is 5.78 Å². The number of hydrogen-bond donors (Lipinski definition) is 0. The van der Waals surface area contributed by atoms with Gasteiger partial charge in [-0.15, -0.1) is 0 Å². The Bertz CT molecular complexity index is 454. The SMILES string of the molecule is CCOC(=O)C(=O)c1cc(F)c(OC)cc1C. The van der Waals surface area contributed by atoms with Gasteiger partial charge in [-0.25, -0.2) is 9.18 Å². The lowest BCUT2D eigenvalue weighted by molar-refractivity contribution is -0.137. The zero-order chi connectivity index (χ0) is 13.0. The van der Waals surface area contributed by atoms with Crippen molar-refractivity contribution >= 4 is 11.8 Å². The second-order valence-corrected chi connectivity index (χ2v) is 3.35. The van der Waals surface area contributed by atoms with Crippen LogP contribution in [0.5, 0.6) is 5.75 Å². The molecular formula is C12H13FO4. The molecule has 0 amide bonds. The van der Waals surface area contributed by atoms with Gasteiger partial charge in [0.2, 0.25) is 0 Å². The minimum Gasteiger partial charge on any atom is -0.494 e. The quantitative estimate of drug-likeness (QED) is 0.458. The van der Waals surface area contributed by atoms with Crippen molar-refractivity contribution in [3.63, 3.8) is 0 Å². The first-order valence-corrected chi connectivity index (χ1v) is 5.06. The Labute approximate surface area is 98.3 Å². The van der Waals surface area contributed by atoms with Crippen LogP contribution in [-0.2, 0) is 9.53 Å². The highest BCUT2D eigenvalue weighted by atomic mass is 19.1. The third kappa shape index (κ3) is 2.81. The molecule has 0 unspecified atom stereocenters. The molecule has 0 saturated carbocycles. The van der Waals surface area contributed by atoms with E-state index in [2.05, 4.69) is 4.74 Å². The molecule has 5 heteroatoms. The van der Waals surface area contributed by atoms with Crippen molar-refractivity contribution in [2.45, 2.75) is 13.8 Å². The fourth-order valence-corrected chi connectivity index (χ4v) is 1.36. The summed E-state index contributed by atoms with van der Waals surface area (Å²) in [5.74, 6) is -2.50. The lowest BCUT2D eigenvalue weighted by Gasteiger charge is -2.08. The molecule has 1 aromatic rings. The van der Waals surface area contributed by atoms with E-state index < -0.39 is 17.6 Å². The fourth-order valence-electron chi connectivity index (χ4n) is 1.36. The Balaban J connectivity index is 3.11. The molecule has 1 aromatic carbocycles. The van der Waals surface area contributed by atoms with Gasteiger partial charge in [-0.2, -0.15) is 0 Å². The van der Waals surface area contributed by atoms with Gasteiger partial charge in [-0.3, -0.25) is 4.79 Å². The van der Waals surface area contributed by atoms with Crippen LogP contribution in [0, 0.1) is 12.7 Å². The minimum absolute atomic E-state index is 0.0123. The van der Waals surface area contributed by atoms with Gasteiger partial charge < -0.3 is 9.47 Å². The Morgan fingerprint density at radius 3 is 2.53 bits per heavy atom. The van der Waals surface area contributed by atoms with Crippen LogP contribution in [-0.4, -0.2) is 25.5 Å². The number of ketones is 1. The average molecular weight is 240 g/mol. The molecule has 4 nitrogen and oxygen atoms in total. The first-order chi connectivity index (χ1) is 8.01. The predicted octanol–water partition coefficient (Wildman–Crippen LogP) is 1.89. The van der Waals surface area contributed by atoms with Gasteiger partial charge in [0.05, 0.1) is 13.7 Å². The molecule has 0 spiro atoms. The van der Waals surface area contributed by atoms with E-state index in [0.29, 0.717) is 5.56 Å². The van der Waals surface area contributed by atoms with Crippen molar-refractivity contribution in [3.8, 4) is 5.75 Å². The highest BCUT2D eigenvalue weighted by Gasteiger charge is 2.21. The number of rotatable bonds is 4. The van der Waals surface area contributed by atoms with Crippen LogP contribution in [0.25, 0.3) is 0 Å². The van der Waals surface area contributed by atoms with E-state index in [4.69, 9.17) is 4.74 Å². The van der Waals surface area contributed by atoms with Crippen LogP contribution in [0.4, 0.5) is 4.39 Å². The number of carbonyl (C=O) groups is 2. The number of Topliss-reactive ketones (excluding diaryl/α,β-unsaturated/α-hetero) is 1. The number of benzene rings is 1. The summed E-state index contributed by atoms with van der Waals surface area (Å²) in [6, 6.07) is 2.34. The average Bonchev–Trinajstić information content (AvgIpc) is 2.31. The van der Waals surface area contributed by atoms with Crippen molar-refractivity contribution in [2.24, 2.45) is 0 Å². The zero-order valence-corrected chi connectivity index (χ0v) is 9.87. The number of hydrogen-bond acceptors (Lipinski definition) is 4. The maximum absolute atomic E-state index is 13.4. The molecule has 0 saturated heterocycles. The molecule has 0 N–H and O–H groups in total. The second-order valence-electron chi connectivity index (χ2n) is 3.35. The van der Waals surface area contributed by atoms with Crippen molar-refractivity contribution in [1.82, 2.24) is 0 Å². The van der Waals surface area contributed by atoms with Gasteiger partial charge in [-0.05, 0) is 31.5 Å². The molecule has 1 rings (SSSR count). The molecule has 0 heterocycles. The number of esters is 1. The third-order valence-electron chi connectivity index (χ3n) is 2.20. The van der Waals surface area contributed by atoms with Crippen LogP contribution in [0.1, 0.15) is 22.8 Å². The second kappa shape index (κ2) is 5.43. The monoisotopic (exact) mass is 240 g/mol. The van der Waals surface area contributed by atoms with Crippen molar-refractivity contribution in [3.05, 3.63) is 29.1 Å². The molecule has 0 fully saturated rings. The lowest BCUT2D eigenvalue weighted by Crippen LogP contribution is -2.18. The molecule has 0 aliphatic rings. The van der Waals surface area contributed by atoms with Crippen molar-refractivity contribution in [2.75, 3.05) is 13.7 Å². The van der Waals surface area contributed by atoms with Crippen LogP contribution in [0.15, 0.2) is 12.1 Å². The van der Waals surface area contributed by atoms with E-state index in [1.165, 1.54) is 13.2 Å². The molecule has 0 aromatic heterocycles. The molecule has 0 radical (unpaired) electrons. The fraction of sp³-hybridized carbons (Fsp3) is 0.333. The summed E-state index contributed by atoms with van der Waals surface area (Å²) in [6.45, 7) is 3.28. The van der Waals surface area contributed by atoms with E-state index in [-0.39, 0.29) is 17.9 Å². The van der Waals surface area contributed by atoms with Gasteiger partial charge in [0, 0.05) is 5.56 Å². The molecular weight excluding hydrogens is 227 g/mol. The number of halogens is 1. The highest BCUT2D eigenvalue weighted by Crippen LogP contribution is 2.22. The summed E-state index contributed by atoms with van der Waals surface area (Å²) >= 11 is 0. The summed E-state index contributed by atoms with van der Waals surface area (Å²) in [7, 11) is 1.32. The maximum atomic E-state index is 13.4. The predicted molar refractivity (Wildman–Crippen MR) is 58.7 cm³/mol. The summed E-state index contributed by atoms with van der Waals surface area (Å²) in [6.07, 6.45) is 0. The van der Waals surface area contributed by atoms with Crippen LogP contribution in [0.2, 0.25) is 0 Å². The molecule has 17 heavy (non-hydrogen) atoms. The van der Waals surface area contributed by atoms with E-state index in [0.717, 1.165) is 6.07 Å². The van der Waals surface area contributed by atoms with Gasteiger partial charge in [0.1, 0.15) is 0 Å². The Kier molecular flexibility index (Phi) is 4.20. The highest BCUT2D eigenvalue weighted by molar-refractivity contribution is 6.41. The largest absolute Gasteiger partial charge is 0.494 e. The van der Waals surface area contributed by atoms with Crippen molar-refractivity contribution < 1.29 is 23.5 Å². The third-order valence-corrected chi connectivity index (χ3v) is 2.20. The molecule has 0 aliphatic heterocycles. The van der Waals surface area contributed by atoms with E-state index in [1.54, 1.807) is 13.8 Å². The summed E-state index contributed by atoms with van der Waals surface area (Å²) in [4.78, 5) is 22.9. The van der Waals surface area contributed by atoms with Crippen LogP contribution >= 0.6 is 0 Å². The van der Waals surface area contributed by atoms with E-state index in [1.807, 2.05) is 0 Å². The molecule has 0 bridgehead atoms. The lowest BCUT2D eigenvalue weighted by atomic mass is 10.0. The van der Waals surface area contributed by atoms with E-state index in [9.17, 15) is 14.0 Å². The zero-order valence-electron chi connectivity index (χ0n) is 9.87. The van der Waals surface area contributed by atoms with Gasteiger partial charge in [-0.1, -0.05) is 0 Å². The van der Waals surface area contributed by atoms with Crippen molar-refractivity contribution in [1.29, 1.82) is 0 Å². The Morgan fingerprint density at radius 2 is 2.00 bits per heavy atom. The normalized spacial score (nSPS) is 9.88. The first kappa shape index (κ1) is 13.2. The first-order valence-electron chi connectivity index (χ1n) is 5.06. The molecule has 92 valence electrons. The number of carbonyl (C=O) groups excluding carboxylic acids is 2. The molecule has 0 aliphatic carbocycles. The topological polar surface area (TPSA) is 52.6 Å². The Hall–Kier alpha value is -1.91. The van der Waals surface area contributed by atoms with Crippen LogP contribution in [0.3, 0.4) is 0 Å². The smallest absolute Gasteiger partial charge is 0.379 e. The minimum atomic E-state index is -0.986. The summed E-state index contributed by atoms with van der Waals surface area (Å²) in [5.41, 5.74) is 0.447. The standard InChI is InChI=1S/C12H13FO4/c1-4-17-12(15)11(14)8-6-9(13)10(16-3)5-7(8)2/h5-6H,4H2,1-3H3. The van der Waals surface area contributed by atoms with E-state index >= 15 is 0 Å². The number of aryl methyl sites for hydroxylation is 1. The molecule has 0 atom stereocenters. The number of ether oxygens (including phenoxy) is 2. The van der Waals surface area contributed by atoms with Gasteiger partial charge >= 0.3 is 5.97 Å². The number of methoxy groups -OCH3 is 1.